The summed E-state index contributed by atoms with van der Waals surface area (Å²) in [5.41, 5.74) is 4.12. The van der Waals surface area contributed by atoms with E-state index < -0.39 is 0 Å². The highest BCUT2D eigenvalue weighted by Gasteiger charge is 2.35. The van der Waals surface area contributed by atoms with Crippen LogP contribution in [0.15, 0.2) is 24.3 Å². The van der Waals surface area contributed by atoms with E-state index in [9.17, 15) is 14.4 Å². The molecule has 2 aliphatic rings. The fraction of sp³-hybridized carbons (Fsp3) is 0.368. The first-order chi connectivity index (χ1) is 12.5. The summed E-state index contributed by atoms with van der Waals surface area (Å²) in [5.74, 6) is -0.686. The second-order valence-corrected chi connectivity index (χ2v) is 6.76. The van der Waals surface area contributed by atoms with E-state index in [-0.39, 0.29) is 30.7 Å². The van der Waals surface area contributed by atoms with E-state index in [1.807, 2.05) is 18.7 Å². The number of carbonyl (C=O) groups is 3. The van der Waals surface area contributed by atoms with Crippen LogP contribution in [0.3, 0.4) is 0 Å². The van der Waals surface area contributed by atoms with Crippen LogP contribution < -0.4 is 0 Å². The molecule has 0 aliphatic carbocycles. The predicted octanol–water partition coefficient (Wildman–Crippen LogP) is 1.30. The highest BCUT2D eigenvalue weighted by molar-refractivity contribution is 6.21. The normalized spacial score (nSPS) is 16.1. The molecule has 3 amide bonds. The molecule has 3 heterocycles. The van der Waals surface area contributed by atoms with Crippen LogP contribution in [0, 0.1) is 6.92 Å². The minimum atomic E-state index is -0.318. The molecule has 1 aromatic carbocycles. The Kier molecular flexibility index (Phi) is 3.86. The van der Waals surface area contributed by atoms with E-state index in [0.29, 0.717) is 24.2 Å². The molecular formula is C19H20N4O3. The van der Waals surface area contributed by atoms with E-state index in [1.165, 1.54) is 10.5 Å². The lowest BCUT2D eigenvalue weighted by Gasteiger charge is -2.28. The van der Waals surface area contributed by atoms with Crippen molar-refractivity contribution in [3.63, 3.8) is 0 Å². The standard InChI is InChI=1S/C19H20N4O3/c1-12-13-7-9-22(11-16(13)21(2)20-12)17(24)8-10-23-18(25)14-5-3-4-6-15(14)19(23)26/h3-6H,7-11H2,1-2H3. The van der Waals surface area contributed by atoms with E-state index in [1.54, 1.807) is 29.2 Å². The molecule has 4 rings (SSSR count). The molecule has 0 spiro atoms. The molecule has 0 N–H and O–H groups in total. The van der Waals surface area contributed by atoms with Crippen molar-refractivity contribution in [1.29, 1.82) is 0 Å². The van der Waals surface area contributed by atoms with Crippen molar-refractivity contribution in [2.45, 2.75) is 26.3 Å². The summed E-state index contributed by atoms with van der Waals surface area (Å²) in [6.45, 7) is 3.26. The Bertz CT molecular complexity index is 896. The number of aryl methyl sites for hydroxylation is 2. The average Bonchev–Trinajstić information content (AvgIpc) is 3.07. The van der Waals surface area contributed by atoms with Gasteiger partial charge in [-0.15, -0.1) is 0 Å². The molecule has 134 valence electrons. The largest absolute Gasteiger partial charge is 0.336 e. The summed E-state index contributed by atoms with van der Waals surface area (Å²) in [6, 6.07) is 6.77. The Hall–Kier alpha value is -2.96. The highest BCUT2D eigenvalue weighted by Crippen LogP contribution is 2.24. The number of carbonyl (C=O) groups excluding carboxylic acids is 3. The molecule has 0 atom stereocenters. The van der Waals surface area contributed by atoms with Crippen molar-refractivity contribution in [2.24, 2.45) is 7.05 Å². The lowest BCUT2D eigenvalue weighted by molar-refractivity contribution is -0.132. The maximum atomic E-state index is 12.6. The lowest BCUT2D eigenvalue weighted by atomic mass is 10.0. The Labute approximate surface area is 151 Å². The van der Waals surface area contributed by atoms with E-state index in [0.717, 1.165) is 17.8 Å². The molecule has 0 saturated carbocycles. The zero-order valence-electron chi connectivity index (χ0n) is 14.9. The minimum absolute atomic E-state index is 0.0499. The molecule has 7 heteroatoms. The molecule has 0 radical (unpaired) electrons. The van der Waals surface area contributed by atoms with Crippen LogP contribution in [0.25, 0.3) is 0 Å². The average molecular weight is 352 g/mol. The Balaban J connectivity index is 1.42. The third kappa shape index (κ3) is 2.51. The number of hydrogen-bond acceptors (Lipinski definition) is 4. The quantitative estimate of drug-likeness (QED) is 0.781. The van der Waals surface area contributed by atoms with Crippen molar-refractivity contribution in [3.8, 4) is 0 Å². The molecule has 2 aromatic rings. The number of benzene rings is 1. The van der Waals surface area contributed by atoms with Crippen LogP contribution in [0.4, 0.5) is 0 Å². The van der Waals surface area contributed by atoms with Crippen LogP contribution in [0.5, 0.6) is 0 Å². The second kappa shape index (κ2) is 6.09. The number of aromatic nitrogens is 2. The monoisotopic (exact) mass is 352 g/mol. The molecule has 7 nitrogen and oxygen atoms in total. The summed E-state index contributed by atoms with van der Waals surface area (Å²) in [5, 5.41) is 4.42. The van der Waals surface area contributed by atoms with Crippen LogP contribution in [0.1, 0.15) is 44.1 Å². The topological polar surface area (TPSA) is 75.5 Å². The summed E-state index contributed by atoms with van der Waals surface area (Å²) < 4.78 is 1.83. The van der Waals surface area contributed by atoms with Gasteiger partial charge in [0.25, 0.3) is 11.8 Å². The van der Waals surface area contributed by atoms with E-state index >= 15 is 0 Å². The number of imide groups is 1. The first-order valence-corrected chi connectivity index (χ1v) is 8.71. The fourth-order valence-corrected chi connectivity index (χ4v) is 3.80. The number of rotatable bonds is 3. The molecule has 0 unspecified atom stereocenters. The van der Waals surface area contributed by atoms with Gasteiger partial charge in [-0.3, -0.25) is 24.0 Å². The van der Waals surface area contributed by atoms with Crippen LogP contribution >= 0.6 is 0 Å². The van der Waals surface area contributed by atoms with Gasteiger partial charge in [-0.2, -0.15) is 5.10 Å². The van der Waals surface area contributed by atoms with Crippen LogP contribution in [-0.4, -0.2) is 50.4 Å². The maximum Gasteiger partial charge on any atom is 0.261 e. The number of hydrogen-bond donors (Lipinski definition) is 0. The van der Waals surface area contributed by atoms with Crippen LogP contribution in [0.2, 0.25) is 0 Å². The molecule has 2 aliphatic heterocycles. The van der Waals surface area contributed by atoms with Gasteiger partial charge in [-0.05, 0) is 31.0 Å². The van der Waals surface area contributed by atoms with Crippen molar-refractivity contribution < 1.29 is 14.4 Å². The minimum Gasteiger partial charge on any atom is -0.336 e. The molecule has 1 aromatic heterocycles. The van der Waals surface area contributed by atoms with Gasteiger partial charge in [0.05, 0.1) is 29.1 Å². The molecule has 0 bridgehead atoms. The van der Waals surface area contributed by atoms with Crippen molar-refractivity contribution in [1.82, 2.24) is 19.6 Å². The van der Waals surface area contributed by atoms with Gasteiger partial charge >= 0.3 is 0 Å². The molecular weight excluding hydrogens is 332 g/mol. The number of amides is 3. The van der Waals surface area contributed by atoms with Gasteiger partial charge < -0.3 is 4.90 Å². The van der Waals surface area contributed by atoms with Gasteiger partial charge in [-0.1, -0.05) is 12.1 Å². The highest BCUT2D eigenvalue weighted by atomic mass is 16.2. The first kappa shape index (κ1) is 16.5. The zero-order valence-corrected chi connectivity index (χ0v) is 14.9. The second-order valence-electron chi connectivity index (χ2n) is 6.76. The van der Waals surface area contributed by atoms with Gasteiger partial charge in [0.1, 0.15) is 0 Å². The van der Waals surface area contributed by atoms with Gasteiger partial charge in [0.15, 0.2) is 0 Å². The first-order valence-electron chi connectivity index (χ1n) is 8.71. The van der Waals surface area contributed by atoms with Gasteiger partial charge in [0, 0.05) is 26.6 Å². The van der Waals surface area contributed by atoms with Crippen molar-refractivity contribution in [3.05, 3.63) is 52.3 Å². The SMILES string of the molecule is Cc1nn(C)c2c1CCN(C(=O)CCN1C(=O)c3ccccc3C1=O)C2. The lowest BCUT2D eigenvalue weighted by Crippen LogP contribution is -2.39. The van der Waals surface area contributed by atoms with Crippen molar-refractivity contribution in [2.75, 3.05) is 13.1 Å². The smallest absolute Gasteiger partial charge is 0.261 e. The number of fused-ring (bicyclic) bond motifs is 2. The third-order valence-electron chi connectivity index (χ3n) is 5.23. The fourth-order valence-electron chi connectivity index (χ4n) is 3.80. The van der Waals surface area contributed by atoms with E-state index in [2.05, 4.69) is 5.10 Å². The van der Waals surface area contributed by atoms with Crippen molar-refractivity contribution >= 4 is 17.7 Å². The predicted molar refractivity (Wildman–Crippen MR) is 93.5 cm³/mol. The zero-order chi connectivity index (χ0) is 18.4. The Morgan fingerprint density at radius 1 is 1.15 bits per heavy atom. The molecule has 0 saturated heterocycles. The van der Waals surface area contributed by atoms with Gasteiger partial charge in [0.2, 0.25) is 5.91 Å². The third-order valence-corrected chi connectivity index (χ3v) is 5.23. The Morgan fingerprint density at radius 3 is 2.46 bits per heavy atom. The summed E-state index contributed by atoms with van der Waals surface area (Å²) in [7, 11) is 1.89. The summed E-state index contributed by atoms with van der Waals surface area (Å²) in [6.07, 6.45) is 0.922. The summed E-state index contributed by atoms with van der Waals surface area (Å²) >= 11 is 0. The number of nitrogens with zero attached hydrogens (tertiary/aromatic N) is 4. The van der Waals surface area contributed by atoms with Crippen LogP contribution in [-0.2, 0) is 24.8 Å². The molecule has 26 heavy (non-hydrogen) atoms. The Morgan fingerprint density at radius 2 is 1.81 bits per heavy atom. The van der Waals surface area contributed by atoms with E-state index in [4.69, 9.17) is 0 Å². The maximum absolute atomic E-state index is 12.6. The molecule has 0 fully saturated rings. The van der Waals surface area contributed by atoms with Gasteiger partial charge in [-0.25, -0.2) is 0 Å². The summed E-state index contributed by atoms with van der Waals surface area (Å²) in [4.78, 5) is 40.3.